The van der Waals surface area contributed by atoms with E-state index in [0.29, 0.717) is 17.5 Å². The number of fused-ring (bicyclic) bond motifs is 5. The average molecular weight is 727 g/mol. The van der Waals surface area contributed by atoms with Gasteiger partial charge in [0.05, 0.1) is 16.7 Å². The predicted octanol–water partition coefficient (Wildman–Crippen LogP) is 13.6. The van der Waals surface area contributed by atoms with E-state index >= 15 is 0 Å². The number of hydrogen-bond acceptors (Lipinski definition) is 3. The number of hydrogen-bond donors (Lipinski definition) is 0. The zero-order valence-electron chi connectivity index (χ0n) is 30.9. The molecule has 0 aliphatic rings. The zero-order valence-corrected chi connectivity index (χ0v) is 30.9. The van der Waals surface area contributed by atoms with Crippen molar-refractivity contribution in [2.75, 3.05) is 0 Å². The molecule has 0 aliphatic heterocycles. The van der Waals surface area contributed by atoms with E-state index in [2.05, 4.69) is 211 Å². The Kier molecular flexibility index (Phi) is 7.78. The van der Waals surface area contributed by atoms with Crippen LogP contribution in [0.3, 0.4) is 0 Å². The molecule has 0 unspecified atom stereocenters. The molecule has 266 valence electrons. The van der Waals surface area contributed by atoms with Crippen molar-refractivity contribution in [3.8, 4) is 62.1 Å². The van der Waals surface area contributed by atoms with E-state index in [9.17, 15) is 0 Å². The zero-order chi connectivity index (χ0) is 37.7. The second-order valence-corrected chi connectivity index (χ2v) is 14.5. The van der Waals surface area contributed by atoms with Crippen LogP contribution in [-0.2, 0) is 0 Å². The Labute approximate surface area is 330 Å². The van der Waals surface area contributed by atoms with Crippen LogP contribution in [0.4, 0.5) is 0 Å². The van der Waals surface area contributed by atoms with Crippen LogP contribution < -0.4 is 0 Å². The van der Waals surface area contributed by atoms with Crippen LogP contribution in [0.25, 0.3) is 105 Å². The predicted molar refractivity (Wildman–Crippen MR) is 236 cm³/mol. The number of benzene rings is 9. The smallest absolute Gasteiger partial charge is 0.166 e. The highest BCUT2D eigenvalue weighted by molar-refractivity contribution is 6.09. The largest absolute Gasteiger partial charge is 0.308 e. The first-order chi connectivity index (χ1) is 28.2. The van der Waals surface area contributed by atoms with Crippen LogP contribution in [0, 0.1) is 0 Å². The number of para-hydroxylation sites is 2. The van der Waals surface area contributed by atoms with Crippen molar-refractivity contribution in [2.45, 2.75) is 0 Å². The third-order valence-corrected chi connectivity index (χ3v) is 11.0. The third kappa shape index (κ3) is 5.83. The standard InChI is InChI=1S/C53H34N4/c1-2-12-35(13-3-1)43-30-31-47(50(34-43)57-48-20-10-8-18-45(48)46-19-9-11-21-49(46)57)53-55-51(54-52(56-53)44-29-25-37-15-5-7-17-41(37)33-44)39-26-22-38(23-27-39)42-28-24-36-14-4-6-16-40(36)32-42/h1-34H. The maximum absolute atomic E-state index is 5.30. The van der Waals surface area contributed by atoms with Gasteiger partial charge in [-0.2, -0.15) is 0 Å². The van der Waals surface area contributed by atoms with Gasteiger partial charge >= 0.3 is 0 Å². The van der Waals surface area contributed by atoms with Crippen LogP contribution in [0.2, 0.25) is 0 Å². The monoisotopic (exact) mass is 726 g/mol. The fourth-order valence-electron chi connectivity index (χ4n) is 8.16. The summed E-state index contributed by atoms with van der Waals surface area (Å²) in [5.74, 6) is 1.85. The summed E-state index contributed by atoms with van der Waals surface area (Å²) in [4.78, 5) is 15.8. The lowest BCUT2D eigenvalue weighted by molar-refractivity contribution is 1.06. The van der Waals surface area contributed by atoms with E-state index in [-0.39, 0.29) is 0 Å². The third-order valence-electron chi connectivity index (χ3n) is 11.0. The summed E-state index contributed by atoms with van der Waals surface area (Å²) in [5, 5.41) is 7.15. The van der Waals surface area contributed by atoms with E-state index in [1.54, 1.807) is 0 Å². The Morgan fingerprint density at radius 2 is 0.719 bits per heavy atom. The molecular formula is C53H34N4. The highest BCUT2D eigenvalue weighted by Crippen LogP contribution is 2.38. The van der Waals surface area contributed by atoms with Gasteiger partial charge in [0.25, 0.3) is 0 Å². The Hall–Kier alpha value is -7.69. The fourth-order valence-corrected chi connectivity index (χ4v) is 8.16. The molecule has 0 spiro atoms. The summed E-state index contributed by atoms with van der Waals surface area (Å²) >= 11 is 0. The van der Waals surface area contributed by atoms with Crippen molar-refractivity contribution < 1.29 is 0 Å². The minimum atomic E-state index is 0.609. The minimum absolute atomic E-state index is 0.609. The molecule has 0 saturated carbocycles. The maximum Gasteiger partial charge on any atom is 0.166 e. The van der Waals surface area contributed by atoms with Gasteiger partial charge in [0, 0.05) is 27.5 Å². The van der Waals surface area contributed by atoms with Crippen molar-refractivity contribution in [1.29, 1.82) is 0 Å². The fraction of sp³-hybridized carbons (Fsp3) is 0. The molecule has 0 atom stereocenters. The molecule has 11 rings (SSSR count). The highest BCUT2D eigenvalue weighted by atomic mass is 15.1. The second kappa shape index (κ2) is 13.6. The molecule has 0 aliphatic carbocycles. The number of rotatable bonds is 6. The molecule has 0 amide bonds. The molecule has 0 bridgehead atoms. The quantitative estimate of drug-likeness (QED) is 0.171. The van der Waals surface area contributed by atoms with Gasteiger partial charge in [-0.05, 0) is 80.2 Å². The van der Waals surface area contributed by atoms with Crippen LogP contribution >= 0.6 is 0 Å². The van der Waals surface area contributed by atoms with Crippen molar-refractivity contribution in [3.63, 3.8) is 0 Å². The van der Waals surface area contributed by atoms with Crippen molar-refractivity contribution in [1.82, 2.24) is 19.5 Å². The van der Waals surface area contributed by atoms with E-state index in [0.717, 1.165) is 55.5 Å². The van der Waals surface area contributed by atoms with E-state index < -0.39 is 0 Å². The molecule has 0 fully saturated rings. The molecule has 4 nitrogen and oxygen atoms in total. The first-order valence-electron chi connectivity index (χ1n) is 19.3. The van der Waals surface area contributed by atoms with Gasteiger partial charge in [-0.15, -0.1) is 0 Å². The van der Waals surface area contributed by atoms with Crippen LogP contribution in [-0.4, -0.2) is 19.5 Å². The SMILES string of the molecule is c1ccc(-c2ccc(-c3nc(-c4ccc(-c5ccc6ccccc6c5)cc4)nc(-c4ccc5ccccc5c4)n3)c(-n3c4ccccc4c4ccccc43)c2)cc1. The van der Waals surface area contributed by atoms with Gasteiger partial charge < -0.3 is 4.57 Å². The van der Waals surface area contributed by atoms with Crippen LogP contribution in [0.1, 0.15) is 0 Å². The van der Waals surface area contributed by atoms with Gasteiger partial charge in [0.2, 0.25) is 0 Å². The lowest BCUT2D eigenvalue weighted by Gasteiger charge is -2.16. The summed E-state index contributed by atoms with van der Waals surface area (Å²) in [7, 11) is 0. The molecule has 9 aromatic carbocycles. The second-order valence-electron chi connectivity index (χ2n) is 14.5. The van der Waals surface area contributed by atoms with E-state index in [1.807, 2.05) is 0 Å². The van der Waals surface area contributed by atoms with Gasteiger partial charge in [-0.25, -0.2) is 15.0 Å². The van der Waals surface area contributed by atoms with Gasteiger partial charge in [0.1, 0.15) is 0 Å². The average Bonchev–Trinajstić information content (AvgIpc) is 3.63. The van der Waals surface area contributed by atoms with Gasteiger partial charge in [-0.1, -0.05) is 170 Å². The number of aromatic nitrogens is 4. The Bertz CT molecular complexity index is 3240. The van der Waals surface area contributed by atoms with Gasteiger partial charge in [-0.3, -0.25) is 0 Å². The van der Waals surface area contributed by atoms with E-state index in [1.165, 1.54) is 32.5 Å². The molecule has 4 heteroatoms. The molecule has 2 aromatic heterocycles. The normalized spacial score (nSPS) is 11.5. The lowest BCUT2D eigenvalue weighted by atomic mass is 10.00. The summed E-state index contributed by atoms with van der Waals surface area (Å²) in [6.45, 7) is 0. The molecular weight excluding hydrogens is 693 g/mol. The molecule has 57 heavy (non-hydrogen) atoms. The van der Waals surface area contributed by atoms with E-state index in [4.69, 9.17) is 15.0 Å². The topological polar surface area (TPSA) is 43.6 Å². The highest BCUT2D eigenvalue weighted by Gasteiger charge is 2.20. The molecule has 0 radical (unpaired) electrons. The Balaban J connectivity index is 1.13. The van der Waals surface area contributed by atoms with Crippen molar-refractivity contribution >= 4 is 43.4 Å². The molecule has 0 saturated heterocycles. The van der Waals surface area contributed by atoms with Crippen LogP contribution in [0.15, 0.2) is 206 Å². The summed E-state index contributed by atoms with van der Waals surface area (Å²) < 4.78 is 2.37. The van der Waals surface area contributed by atoms with Crippen LogP contribution in [0.5, 0.6) is 0 Å². The first-order valence-corrected chi connectivity index (χ1v) is 19.3. The maximum atomic E-state index is 5.30. The summed E-state index contributed by atoms with van der Waals surface area (Å²) in [6, 6.07) is 72.9. The number of nitrogens with zero attached hydrogens (tertiary/aromatic N) is 4. The first kappa shape index (κ1) is 32.7. The van der Waals surface area contributed by atoms with Crippen molar-refractivity contribution in [2.24, 2.45) is 0 Å². The van der Waals surface area contributed by atoms with Crippen molar-refractivity contribution in [3.05, 3.63) is 206 Å². The van der Waals surface area contributed by atoms with Gasteiger partial charge in [0.15, 0.2) is 17.5 Å². The summed E-state index contributed by atoms with van der Waals surface area (Å²) in [5.41, 5.74) is 10.6. The molecule has 2 heterocycles. The Morgan fingerprint density at radius 3 is 1.39 bits per heavy atom. The Morgan fingerprint density at radius 1 is 0.281 bits per heavy atom. The summed E-state index contributed by atoms with van der Waals surface area (Å²) in [6.07, 6.45) is 0. The molecule has 11 aromatic rings. The molecule has 0 N–H and O–H groups in total. The minimum Gasteiger partial charge on any atom is -0.308 e. The lowest BCUT2D eigenvalue weighted by Crippen LogP contribution is -2.04.